The average Bonchev–Trinajstić information content (AvgIpc) is 2.76. The number of halogens is 1. The van der Waals surface area contributed by atoms with Crippen molar-refractivity contribution < 1.29 is 14.3 Å². The van der Waals surface area contributed by atoms with Crippen LogP contribution in [0.15, 0.2) is 78.9 Å². The van der Waals surface area contributed by atoms with Crippen LogP contribution in [0.4, 0.5) is 0 Å². The fourth-order valence-electron chi connectivity index (χ4n) is 3.05. The number of carbonyl (C=O) groups excluding carboxylic acids is 2. The fourth-order valence-corrected chi connectivity index (χ4v) is 3.22. The minimum atomic E-state index is -0.640. The van der Waals surface area contributed by atoms with E-state index in [0.29, 0.717) is 18.1 Å². The van der Waals surface area contributed by atoms with Crippen molar-refractivity contribution in [3.63, 3.8) is 0 Å². The normalized spacial score (nSPS) is 10.4. The van der Waals surface area contributed by atoms with Crippen LogP contribution >= 0.6 is 11.6 Å². The zero-order valence-corrected chi connectivity index (χ0v) is 17.2. The van der Waals surface area contributed by atoms with Gasteiger partial charge in [0.15, 0.2) is 6.61 Å². The number of primary amides is 1. The van der Waals surface area contributed by atoms with E-state index in [0.717, 1.165) is 17.5 Å². The van der Waals surface area contributed by atoms with Crippen LogP contribution in [0.5, 0.6) is 5.75 Å². The van der Waals surface area contributed by atoms with E-state index < -0.39 is 5.91 Å². The molecule has 0 atom stereocenters. The van der Waals surface area contributed by atoms with E-state index >= 15 is 0 Å². The Balaban J connectivity index is 1.71. The molecule has 2 N–H and O–H groups in total. The Morgan fingerprint density at radius 2 is 1.53 bits per heavy atom. The van der Waals surface area contributed by atoms with Gasteiger partial charge in [-0.1, -0.05) is 72.3 Å². The predicted molar refractivity (Wildman–Crippen MR) is 117 cm³/mol. The van der Waals surface area contributed by atoms with Gasteiger partial charge in [0.05, 0.1) is 5.56 Å². The van der Waals surface area contributed by atoms with Crippen molar-refractivity contribution in [3.8, 4) is 5.75 Å². The second-order valence-corrected chi connectivity index (χ2v) is 7.27. The first-order valence-corrected chi connectivity index (χ1v) is 9.98. The van der Waals surface area contributed by atoms with Gasteiger partial charge in [0, 0.05) is 18.1 Å². The van der Waals surface area contributed by atoms with Crippen LogP contribution in [0.3, 0.4) is 0 Å². The van der Waals surface area contributed by atoms with Gasteiger partial charge in [-0.3, -0.25) is 9.59 Å². The van der Waals surface area contributed by atoms with Crippen LogP contribution in [0, 0.1) is 0 Å². The predicted octanol–water partition coefficient (Wildman–Crippen LogP) is 4.09. The first kappa shape index (κ1) is 21.4. The molecule has 0 heterocycles. The number of ether oxygens (including phenoxy) is 1. The van der Waals surface area contributed by atoms with Crippen LogP contribution in [0.25, 0.3) is 0 Å². The van der Waals surface area contributed by atoms with Crippen LogP contribution in [0.2, 0.25) is 5.02 Å². The van der Waals surface area contributed by atoms with Crippen molar-refractivity contribution in [1.82, 2.24) is 4.90 Å². The van der Waals surface area contributed by atoms with Crippen LogP contribution in [-0.2, 0) is 17.8 Å². The third kappa shape index (κ3) is 6.09. The van der Waals surface area contributed by atoms with E-state index in [1.807, 2.05) is 60.7 Å². The van der Waals surface area contributed by atoms with Crippen LogP contribution in [-0.4, -0.2) is 29.9 Å². The van der Waals surface area contributed by atoms with Gasteiger partial charge in [-0.15, -0.1) is 0 Å². The molecule has 154 valence electrons. The molecule has 0 aliphatic heterocycles. The van der Waals surface area contributed by atoms with Gasteiger partial charge in [0.2, 0.25) is 0 Å². The molecule has 0 aliphatic carbocycles. The SMILES string of the molecule is NC(=O)c1ccc(Cl)cc1OCC(=O)N(CCc1ccccc1)Cc1ccccc1. The fraction of sp³-hybridized carbons (Fsp3) is 0.167. The third-order valence-electron chi connectivity index (χ3n) is 4.64. The zero-order chi connectivity index (χ0) is 21.3. The lowest BCUT2D eigenvalue weighted by molar-refractivity contribution is -0.134. The molecule has 30 heavy (non-hydrogen) atoms. The van der Waals surface area contributed by atoms with Gasteiger partial charge in [-0.05, 0) is 35.7 Å². The Morgan fingerprint density at radius 1 is 0.900 bits per heavy atom. The van der Waals surface area contributed by atoms with Crippen molar-refractivity contribution in [2.24, 2.45) is 5.73 Å². The van der Waals surface area contributed by atoms with Crippen molar-refractivity contribution >= 4 is 23.4 Å². The number of carbonyl (C=O) groups is 2. The third-order valence-corrected chi connectivity index (χ3v) is 4.88. The molecule has 0 aliphatic rings. The summed E-state index contributed by atoms with van der Waals surface area (Å²) in [7, 11) is 0. The lowest BCUT2D eigenvalue weighted by Crippen LogP contribution is -2.36. The molecule has 5 nitrogen and oxygen atoms in total. The van der Waals surface area contributed by atoms with E-state index in [2.05, 4.69) is 0 Å². The van der Waals surface area contributed by atoms with Crippen LogP contribution < -0.4 is 10.5 Å². The maximum atomic E-state index is 13.0. The highest BCUT2D eigenvalue weighted by Crippen LogP contribution is 2.23. The lowest BCUT2D eigenvalue weighted by Gasteiger charge is -2.23. The summed E-state index contributed by atoms with van der Waals surface area (Å²) in [4.78, 5) is 26.3. The van der Waals surface area contributed by atoms with E-state index in [-0.39, 0.29) is 23.8 Å². The van der Waals surface area contributed by atoms with E-state index in [1.54, 1.807) is 11.0 Å². The zero-order valence-electron chi connectivity index (χ0n) is 16.5. The highest BCUT2D eigenvalue weighted by Gasteiger charge is 2.17. The van der Waals surface area contributed by atoms with Crippen molar-refractivity contribution in [2.45, 2.75) is 13.0 Å². The maximum absolute atomic E-state index is 13.0. The minimum Gasteiger partial charge on any atom is -0.483 e. The molecule has 0 saturated heterocycles. The highest BCUT2D eigenvalue weighted by atomic mass is 35.5. The molecule has 0 spiro atoms. The summed E-state index contributed by atoms with van der Waals surface area (Å²) in [5.41, 5.74) is 7.75. The molecule has 0 bridgehead atoms. The Bertz CT molecular complexity index is 994. The molecule has 0 saturated carbocycles. The second-order valence-electron chi connectivity index (χ2n) is 6.83. The molecule has 6 heteroatoms. The molecule has 0 aromatic heterocycles. The number of hydrogen-bond acceptors (Lipinski definition) is 3. The van der Waals surface area contributed by atoms with Crippen molar-refractivity contribution in [2.75, 3.05) is 13.2 Å². The van der Waals surface area contributed by atoms with Gasteiger partial charge in [0.25, 0.3) is 11.8 Å². The minimum absolute atomic E-state index is 0.186. The number of hydrogen-bond donors (Lipinski definition) is 1. The summed E-state index contributed by atoms with van der Waals surface area (Å²) in [6, 6.07) is 24.3. The summed E-state index contributed by atoms with van der Waals surface area (Å²) < 4.78 is 5.64. The van der Waals surface area contributed by atoms with Crippen molar-refractivity contribution in [3.05, 3.63) is 101 Å². The molecule has 0 unspecified atom stereocenters. The Labute approximate surface area is 181 Å². The van der Waals surface area contributed by atoms with Gasteiger partial charge < -0.3 is 15.4 Å². The highest BCUT2D eigenvalue weighted by molar-refractivity contribution is 6.30. The summed E-state index contributed by atoms with van der Waals surface area (Å²) >= 11 is 6.00. The first-order chi connectivity index (χ1) is 14.5. The molecular weight excluding hydrogens is 400 g/mol. The first-order valence-electron chi connectivity index (χ1n) is 9.60. The quantitative estimate of drug-likeness (QED) is 0.564. The topological polar surface area (TPSA) is 72.6 Å². The standard InChI is InChI=1S/C24H23ClN2O3/c25-20-11-12-21(24(26)29)22(15-20)30-17-23(28)27(16-19-9-5-2-6-10-19)14-13-18-7-3-1-4-8-18/h1-12,15H,13-14,16-17H2,(H2,26,29). The number of benzene rings is 3. The smallest absolute Gasteiger partial charge is 0.260 e. The average molecular weight is 423 g/mol. The summed E-state index contributed by atoms with van der Waals surface area (Å²) in [6.45, 7) is 0.787. The second kappa shape index (κ2) is 10.5. The monoisotopic (exact) mass is 422 g/mol. The van der Waals surface area contributed by atoms with Gasteiger partial charge in [0.1, 0.15) is 5.75 Å². The molecule has 2 amide bonds. The molecule has 3 aromatic rings. The summed E-state index contributed by atoms with van der Waals surface area (Å²) in [6.07, 6.45) is 0.725. The van der Waals surface area contributed by atoms with E-state index in [1.165, 1.54) is 12.1 Å². The molecule has 3 rings (SSSR count). The molecular formula is C24H23ClN2O3. The molecule has 0 fully saturated rings. The van der Waals surface area contributed by atoms with E-state index in [4.69, 9.17) is 22.1 Å². The molecule has 0 radical (unpaired) electrons. The lowest BCUT2D eigenvalue weighted by atomic mass is 10.1. The van der Waals surface area contributed by atoms with Crippen molar-refractivity contribution in [1.29, 1.82) is 0 Å². The summed E-state index contributed by atoms with van der Waals surface area (Å²) in [5, 5.41) is 0.396. The number of nitrogens with zero attached hydrogens (tertiary/aromatic N) is 1. The molecule has 3 aromatic carbocycles. The van der Waals surface area contributed by atoms with E-state index in [9.17, 15) is 9.59 Å². The summed E-state index contributed by atoms with van der Waals surface area (Å²) in [5.74, 6) is -0.629. The van der Waals surface area contributed by atoms with Crippen LogP contribution in [0.1, 0.15) is 21.5 Å². The van der Waals surface area contributed by atoms with Gasteiger partial charge in [-0.25, -0.2) is 0 Å². The maximum Gasteiger partial charge on any atom is 0.260 e. The number of nitrogens with two attached hydrogens (primary N) is 1. The van der Waals surface area contributed by atoms with Gasteiger partial charge >= 0.3 is 0 Å². The number of amides is 2. The Hall–Kier alpha value is -3.31. The Morgan fingerprint density at radius 3 is 2.17 bits per heavy atom. The Kier molecular flexibility index (Phi) is 7.46. The van der Waals surface area contributed by atoms with Gasteiger partial charge in [-0.2, -0.15) is 0 Å². The number of rotatable bonds is 9. The largest absolute Gasteiger partial charge is 0.483 e.